The molecule has 2 aromatic rings. The Bertz CT molecular complexity index is 626. The van der Waals surface area contributed by atoms with Crippen LogP contribution in [0.5, 0.6) is 11.5 Å². The molecule has 0 aliphatic heterocycles. The Labute approximate surface area is 142 Å². The molecule has 6 nitrogen and oxygen atoms in total. The molecule has 0 saturated heterocycles. The van der Waals surface area contributed by atoms with Crippen LogP contribution in [-0.4, -0.2) is 33.2 Å². The molecular formula is C18H24N2O4. The summed E-state index contributed by atoms with van der Waals surface area (Å²) < 4.78 is 15.7. The number of ether oxygens (including phenoxy) is 2. The molecule has 1 amide bonds. The Kier molecular flexibility index (Phi) is 7.17. The van der Waals surface area contributed by atoms with Crippen LogP contribution in [0.3, 0.4) is 0 Å². The van der Waals surface area contributed by atoms with Gasteiger partial charge in [-0.1, -0.05) is 6.07 Å². The van der Waals surface area contributed by atoms with Gasteiger partial charge in [0, 0.05) is 19.5 Å². The second-order valence-electron chi connectivity index (χ2n) is 5.30. The third kappa shape index (κ3) is 5.62. The smallest absolute Gasteiger partial charge is 0.221 e. The molecule has 130 valence electrons. The molecule has 0 atom stereocenters. The molecule has 2 N–H and O–H groups in total. The molecule has 0 spiro atoms. The number of amides is 1. The second-order valence-corrected chi connectivity index (χ2v) is 5.30. The van der Waals surface area contributed by atoms with E-state index >= 15 is 0 Å². The molecule has 24 heavy (non-hydrogen) atoms. The minimum atomic E-state index is 0.0300. The number of nitrogens with one attached hydrogen (secondary N) is 2. The summed E-state index contributed by atoms with van der Waals surface area (Å²) in [4.78, 5) is 11.8. The van der Waals surface area contributed by atoms with Crippen molar-refractivity contribution >= 4 is 5.91 Å². The molecule has 0 unspecified atom stereocenters. The van der Waals surface area contributed by atoms with E-state index in [1.54, 1.807) is 20.5 Å². The lowest BCUT2D eigenvalue weighted by Crippen LogP contribution is -2.29. The molecule has 2 rings (SSSR count). The first kappa shape index (κ1) is 17.9. The molecule has 6 heteroatoms. The molecule has 1 aromatic carbocycles. The molecule has 1 aromatic heterocycles. The van der Waals surface area contributed by atoms with Crippen molar-refractivity contribution in [1.29, 1.82) is 0 Å². The molecule has 0 aliphatic carbocycles. The third-order valence-electron chi connectivity index (χ3n) is 3.59. The fourth-order valence-corrected chi connectivity index (χ4v) is 2.30. The first-order valence-corrected chi connectivity index (χ1v) is 7.93. The first-order valence-electron chi connectivity index (χ1n) is 7.93. The van der Waals surface area contributed by atoms with Gasteiger partial charge in [-0.05, 0) is 36.2 Å². The topological polar surface area (TPSA) is 72.7 Å². The Morgan fingerprint density at radius 2 is 1.96 bits per heavy atom. The fourth-order valence-electron chi connectivity index (χ4n) is 2.30. The average Bonchev–Trinajstić information content (AvgIpc) is 3.12. The molecular weight excluding hydrogens is 308 g/mol. The van der Waals surface area contributed by atoms with E-state index in [9.17, 15) is 4.79 Å². The van der Waals surface area contributed by atoms with Crippen molar-refractivity contribution in [3.05, 3.63) is 47.9 Å². The van der Waals surface area contributed by atoms with Crippen LogP contribution < -0.4 is 20.1 Å². The van der Waals surface area contributed by atoms with Crippen molar-refractivity contribution in [2.24, 2.45) is 0 Å². The van der Waals surface area contributed by atoms with E-state index in [-0.39, 0.29) is 5.91 Å². The average molecular weight is 332 g/mol. The van der Waals surface area contributed by atoms with Crippen LogP contribution in [0.1, 0.15) is 17.7 Å². The van der Waals surface area contributed by atoms with Crippen molar-refractivity contribution in [2.75, 3.05) is 27.3 Å². The maximum absolute atomic E-state index is 11.8. The highest BCUT2D eigenvalue weighted by Gasteiger charge is 2.05. The minimum absolute atomic E-state index is 0.0300. The third-order valence-corrected chi connectivity index (χ3v) is 3.59. The number of benzene rings is 1. The van der Waals surface area contributed by atoms with Gasteiger partial charge in [0.25, 0.3) is 0 Å². The van der Waals surface area contributed by atoms with Crippen LogP contribution >= 0.6 is 0 Å². The number of carbonyl (C=O) groups excluding carboxylic acids is 1. The molecule has 0 radical (unpaired) electrons. The van der Waals surface area contributed by atoms with Crippen LogP contribution in [0, 0.1) is 0 Å². The van der Waals surface area contributed by atoms with Crippen LogP contribution in [0.25, 0.3) is 0 Å². The van der Waals surface area contributed by atoms with Gasteiger partial charge in [-0.15, -0.1) is 0 Å². The monoisotopic (exact) mass is 332 g/mol. The van der Waals surface area contributed by atoms with Crippen molar-refractivity contribution in [3.63, 3.8) is 0 Å². The normalized spacial score (nSPS) is 10.4. The number of rotatable bonds is 10. The van der Waals surface area contributed by atoms with Gasteiger partial charge in [-0.3, -0.25) is 4.79 Å². The van der Waals surface area contributed by atoms with Gasteiger partial charge in [0.2, 0.25) is 5.91 Å². The minimum Gasteiger partial charge on any atom is -0.493 e. The molecule has 0 fully saturated rings. The Morgan fingerprint density at radius 1 is 1.12 bits per heavy atom. The van der Waals surface area contributed by atoms with Crippen molar-refractivity contribution in [3.8, 4) is 11.5 Å². The maximum atomic E-state index is 11.8. The second kappa shape index (κ2) is 9.62. The zero-order chi connectivity index (χ0) is 17.2. The zero-order valence-corrected chi connectivity index (χ0v) is 14.1. The van der Waals surface area contributed by atoms with Gasteiger partial charge < -0.3 is 24.5 Å². The molecule has 1 heterocycles. The maximum Gasteiger partial charge on any atom is 0.221 e. The van der Waals surface area contributed by atoms with E-state index in [0.29, 0.717) is 37.6 Å². The standard InChI is InChI=1S/C18H24N2O4/c1-22-16-6-5-14(12-17(16)23-2)7-10-20-18(21)8-9-19-13-15-4-3-11-24-15/h3-6,11-12,19H,7-10,13H2,1-2H3,(H,20,21). The fraction of sp³-hybridized carbons (Fsp3) is 0.389. The first-order chi connectivity index (χ1) is 11.7. The highest BCUT2D eigenvalue weighted by Crippen LogP contribution is 2.27. The Morgan fingerprint density at radius 3 is 2.67 bits per heavy atom. The summed E-state index contributed by atoms with van der Waals surface area (Å²) in [7, 11) is 3.22. The highest BCUT2D eigenvalue weighted by molar-refractivity contribution is 5.76. The number of hydrogen-bond acceptors (Lipinski definition) is 5. The molecule has 0 aliphatic rings. The van der Waals surface area contributed by atoms with E-state index in [2.05, 4.69) is 10.6 Å². The number of carbonyl (C=O) groups is 1. The summed E-state index contributed by atoms with van der Waals surface area (Å²) in [5, 5.41) is 6.09. The van der Waals surface area contributed by atoms with Crippen molar-refractivity contribution < 1.29 is 18.7 Å². The lowest BCUT2D eigenvalue weighted by molar-refractivity contribution is -0.120. The van der Waals surface area contributed by atoms with Crippen molar-refractivity contribution in [2.45, 2.75) is 19.4 Å². The quantitative estimate of drug-likeness (QED) is 0.652. The predicted molar refractivity (Wildman–Crippen MR) is 91.3 cm³/mol. The van der Waals surface area contributed by atoms with E-state index in [1.807, 2.05) is 30.3 Å². The predicted octanol–water partition coefficient (Wildman–Crippen LogP) is 2.14. The lowest BCUT2D eigenvalue weighted by Gasteiger charge is -2.10. The molecule has 0 bridgehead atoms. The lowest BCUT2D eigenvalue weighted by atomic mass is 10.1. The zero-order valence-electron chi connectivity index (χ0n) is 14.1. The van der Waals surface area contributed by atoms with E-state index in [0.717, 1.165) is 17.7 Å². The van der Waals surface area contributed by atoms with Gasteiger partial charge in [0.1, 0.15) is 5.76 Å². The number of furan rings is 1. The molecule has 0 saturated carbocycles. The Balaban J connectivity index is 1.63. The van der Waals surface area contributed by atoms with Crippen molar-refractivity contribution in [1.82, 2.24) is 10.6 Å². The van der Waals surface area contributed by atoms with Crippen LogP contribution in [0.2, 0.25) is 0 Å². The van der Waals surface area contributed by atoms with Gasteiger partial charge in [-0.25, -0.2) is 0 Å². The summed E-state index contributed by atoms with van der Waals surface area (Å²) in [6.07, 6.45) is 2.82. The largest absolute Gasteiger partial charge is 0.493 e. The summed E-state index contributed by atoms with van der Waals surface area (Å²) in [6, 6.07) is 9.51. The highest BCUT2D eigenvalue weighted by atomic mass is 16.5. The van der Waals surface area contributed by atoms with Gasteiger partial charge in [0.05, 0.1) is 27.0 Å². The summed E-state index contributed by atoms with van der Waals surface area (Å²) in [5.41, 5.74) is 1.09. The Hall–Kier alpha value is -2.47. The SMILES string of the molecule is COc1ccc(CCNC(=O)CCNCc2ccco2)cc1OC. The summed E-state index contributed by atoms with van der Waals surface area (Å²) >= 11 is 0. The number of methoxy groups -OCH3 is 2. The summed E-state index contributed by atoms with van der Waals surface area (Å²) in [6.45, 7) is 1.83. The van der Waals surface area contributed by atoms with Crippen LogP contribution in [0.4, 0.5) is 0 Å². The number of hydrogen-bond donors (Lipinski definition) is 2. The van der Waals surface area contributed by atoms with Gasteiger partial charge in [0.15, 0.2) is 11.5 Å². The van der Waals surface area contributed by atoms with Crippen LogP contribution in [-0.2, 0) is 17.8 Å². The van der Waals surface area contributed by atoms with Crippen LogP contribution in [0.15, 0.2) is 41.0 Å². The van der Waals surface area contributed by atoms with E-state index in [4.69, 9.17) is 13.9 Å². The summed E-state index contributed by atoms with van der Waals surface area (Å²) in [5.74, 6) is 2.29. The van der Waals surface area contributed by atoms with Gasteiger partial charge in [-0.2, -0.15) is 0 Å². The van der Waals surface area contributed by atoms with E-state index in [1.165, 1.54) is 0 Å². The van der Waals surface area contributed by atoms with E-state index < -0.39 is 0 Å². The van der Waals surface area contributed by atoms with Gasteiger partial charge >= 0.3 is 0 Å².